The number of aromatic nitrogens is 2. The lowest BCUT2D eigenvalue weighted by Gasteiger charge is -2.11. The van der Waals surface area contributed by atoms with Gasteiger partial charge in [0, 0.05) is 17.5 Å². The van der Waals surface area contributed by atoms with Crippen molar-refractivity contribution in [1.29, 1.82) is 0 Å². The van der Waals surface area contributed by atoms with Crippen LogP contribution >= 0.6 is 22.9 Å². The molecule has 0 aliphatic carbocycles. The average Bonchev–Trinajstić information content (AvgIpc) is 3.29. The van der Waals surface area contributed by atoms with E-state index in [2.05, 4.69) is 20.8 Å². The summed E-state index contributed by atoms with van der Waals surface area (Å²) in [5.41, 5.74) is 2.76. The molecule has 0 radical (unpaired) electrons. The summed E-state index contributed by atoms with van der Waals surface area (Å²) in [6.45, 7) is 5.16. The quantitative estimate of drug-likeness (QED) is 0.440. The summed E-state index contributed by atoms with van der Waals surface area (Å²) >= 11 is 7.83. The number of anilines is 2. The van der Waals surface area contributed by atoms with Crippen LogP contribution in [0, 0.1) is 13.8 Å². The molecule has 3 aromatic heterocycles. The van der Waals surface area contributed by atoms with E-state index >= 15 is 0 Å². The molecule has 0 atom stereocenters. The van der Waals surface area contributed by atoms with Gasteiger partial charge < -0.3 is 15.2 Å². The van der Waals surface area contributed by atoms with Gasteiger partial charge in [-0.3, -0.25) is 9.59 Å². The van der Waals surface area contributed by atoms with E-state index in [-0.39, 0.29) is 11.8 Å². The number of aryl methyl sites for hydroxylation is 2. The Bertz CT molecular complexity index is 1290. The lowest BCUT2D eigenvalue weighted by Crippen LogP contribution is -2.14. The van der Waals surface area contributed by atoms with Crippen molar-refractivity contribution in [3.63, 3.8) is 0 Å². The third kappa shape index (κ3) is 3.92. The zero-order chi connectivity index (χ0) is 21.4. The van der Waals surface area contributed by atoms with E-state index in [0.717, 1.165) is 9.75 Å². The summed E-state index contributed by atoms with van der Waals surface area (Å²) < 4.78 is 5.34. The highest BCUT2D eigenvalue weighted by Gasteiger charge is 2.21. The fourth-order valence-corrected chi connectivity index (χ4v) is 4.06. The van der Waals surface area contributed by atoms with Crippen LogP contribution < -0.4 is 10.6 Å². The maximum Gasteiger partial charge on any atom is 0.259 e. The minimum Gasteiger partial charge on any atom is -0.335 e. The van der Waals surface area contributed by atoms with Crippen LogP contribution in [0.15, 0.2) is 40.9 Å². The molecule has 0 fully saturated rings. The molecule has 0 unspecified atom stereocenters. The van der Waals surface area contributed by atoms with Gasteiger partial charge in [0.25, 0.3) is 11.6 Å². The number of pyridine rings is 1. The van der Waals surface area contributed by atoms with Crippen LogP contribution in [0.4, 0.5) is 11.4 Å². The largest absolute Gasteiger partial charge is 0.335 e. The Kier molecular flexibility index (Phi) is 5.27. The minimum atomic E-state index is -0.384. The van der Waals surface area contributed by atoms with E-state index in [4.69, 9.17) is 16.1 Å². The first-order chi connectivity index (χ1) is 14.3. The van der Waals surface area contributed by atoms with Crippen LogP contribution in [0.5, 0.6) is 0 Å². The number of rotatable bonds is 4. The van der Waals surface area contributed by atoms with Gasteiger partial charge in [0.05, 0.1) is 37.9 Å². The van der Waals surface area contributed by atoms with Crippen molar-refractivity contribution in [3.8, 4) is 10.6 Å². The van der Waals surface area contributed by atoms with Gasteiger partial charge in [-0.15, -0.1) is 11.3 Å². The van der Waals surface area contributed by atoms with E-state index in [1.54, 1.807) is 42.5 Å². The number of thiophene rings is 1. The molecule has 4 rings (SSSR count). The number of nitrogens with zero attached hydrogens (tertiary/aromatic N) is 2. The van der Waals surface area contributed by atoms with Crippen molar-refractivity contribution in [2.75, 3.05) is 10.6 Å². The summed E-state index contributed by atoms with van der Waals surface area (Å²) in [5, 5.41) is 10.3. The van der Waals surface area contributed by atoms with Crippen molar-refractivity contribution >= 4 is 57.2 Å². The lowest BCUT2D eigenvalue weighted by atomic mass is 10.1. The average molecular weight is 441 g/mol. The highest BCUT2D eigenvalue weighted by Crippen LogP contribution is 2.32. The summed E-state index contributed by atoms with van der Waals surface area (Å²) in [6.07, 6.45) is 0. The zero-order valence-corrected chi connectivity index (χ0v) is 17.9. The van der Waals surface area contributed by atoms with Crippen LogP contribution in [-0.4, -0.2) is 22.0 Å². The van der Waals surface area contributed by atoms with Gasteiger partial charge in [-0.25, -0.2) is 4.98 Å². The number of carbonyl (C=O) groups is 2. The first kappa shape index (κ1) is 20.1. The molecule has 152 valence electrons. The second-order valence-electron chi connectivity index (χ2n) is 6.74. The Morgan fingerprint density at radius 2 is 1.90 bits per heavy atom. The molecule has 7 nitrogen and oxygen atoms in total. The fraction of sp³-hybridized carbons (Fsp3) is 0.143. The molecule has 4 aromatic rings. The minimum absolute atomic E-state index is 0.221. The fourth-order valence-electron chi connectivity index (χ4n) is 3.06. The second-order valence-corrected chi connectivity index (χ2v) is 8.44. The van der Waals surface area contributed by atoms with Crippen molar-refractivity contribution in [1.82, 2.24) is 10.1 Å². The molecule has 0 spiro atoms. The predicted octanol–water partition coefficient (Wildman–Crippen LogP) is 5.43. The highest BCUT2D eigenvalue weighted by atomic mass is 35.5. The van der Waals surface area contributed by atoms with Gasteiger partial charge in [-0.05, 0) is 50.2 Å². The maximum absolute atomic E-state index is 13.2. The van der Waals surface area contributed by atoms with Crippen molar-refractivity contribution in [2.45, 2.75) is 20.8 Å². The SMILES string of the molecule is CC(=O)Nc1ccc(Cl)c(NC(=O)c2cc(-c3ccc(C)s3)nc3onc(C)c23)c1. The smallest absolute Gasteiger partial charge is 0.259 e. The molecule has 0 saturated carbocycles. The normalized spacial score (nSPS) is 10.9. The first-order valence-electron chi connectivity index (χ1n) is 9.04. The van der Waals surface area contributed by atoms with Crippen molar-refractivity contribution < 1.29 is 14.1 Å². The molecular formula is C21H17ClN4O3S. The molecule has 0 aliphatic rings. The summed E-state index contributed by atoms with van der Waals surface area (Å²) in [4.78, 5) is 31.1. The maximum atomic E-state index is 13.2. The van der Waals surface area contributed by atoms with Crippen molar-refractivity contribution in [3.05, 3.63) is 57.6 Å². The summed E-state index contributed by atoms with van der Waals surface area (Å²) in [7, 11) is 0. The van der Waals surface area contributed by atoms with E-state index < -0.39 is 0 Å². The molecule has 9 heteroatoms. The van der Waals surface area contributed by atoms with Crippen LogP contribution in [0.3, 0.4) is 0 Å². The highest BCUT2D eigenvalue weighted by molar-refractivity contribution is 7.15. The van der Waals surface area contributed by atoms with E-state index in [1.165, 1.54) is 6.92 Å². The Morgan fingerprint density at radius 3 is 2.60 bits per heavy atom. The van der Waals surface area contributed by atoms with Gasteiger partial charge in [0.2, 0.25) is 5.91 Å². The summed E-state index contributed by atoms with van der Waals surface area (Å²) in [5.74, 6) is -0.605. The number of hydrogen-bond acceptors (Lipinski definition) is 6. The topological polar surface area (TPSA) is 97.1 Å². The molecule has 30 heavy (non-hydrogen) atoms. The molecule has 2 N–H and O–H groups in total. The molecule has 0 saturated heterocycles. The van der Waals surface area contributed by atoms with Gasteiger partial charge in [0.15, 0.2) is 0 Å². The second kappa shape index (κ2) is 7.89. The zero-order valence-electron chi connectivity index (χ0n) is 16.4. The first-order valence-corrected chi connectivity index (χ1v) is 10.2. The van der Waals surface area contributed by atoms with Gasteiger partial charge in [-0.2, -0.15) is 0 Å². The monoisotopic (exact) mass is 440 g/mol. The van der Waals surface area contributed by atoms with Crippen molar-refractivity contribution in [2.24, 2.45) is 0 Å². The number of benzene rings is 1. The van der Waals surface area contributed by atoms with Gasteiger partial charge >= 0.3 is 0 Å². The predicted molar refractivity (Wildman–Crippen MR) is 118 cm³/mol. The number of nitrogens with one attached hydrogen (secondary N) is 2. The van der Waals surface area contributed by atoms with Gasteiger partial charge in [0.1, 0.15) is 0 Å². The molecular weight excluding hydrogens is 424 g/mol. The van der Waals surface area contributed by atoms with Crippen LogP contribution in [0.1, 0.15) is 27.9 Å². The number of hydrogen-bond donors (Lipinski definition) is 2. The third-order valence-corrected chi connectivity index (χ3v) is 5.74. The Morgan fingerprint density at radius 1 is 1.10 bits per heavy atom. The molecule has 0 aliphatic heterocycles. The van der Waals surface area contributed by atoms with Crippen LogP contribution in [-0.2, 0) is 4.79 Å². The van der Waals surface area contributed by atoms with Crippen LogP contribution in [0.2, 0.25) is 5.02 Å². The van der Waals surface area contributed by atoms with E-state index in [0.29, 0.717) is 44.4 Å². The standard InChI is InChI=1S/C21H17ClN4O3S/c1-10-4-7-18(30-10)17-9-14(19-11(2)26-29-21(19)25-17)20(28)24-16-8-13(23-12(3)27)5-6-15(16)22/h4-9H,1-3H3,(H,23,27)(H,24,28). The molecule has 0 bridgehead atoms. The molecule has 3 heterocycles. The van der Waals surface area contributed by atoms with E-state index in [1.807, 2.05) is 19.1 Å². The Labute approximate surface area is 181 Å². The number of amides is 2. The molecule has 1 aromatic carbocycles. The molecule has 2 amide bonds. The number of fused-ring (bicyclic) bond motifs is 1. The van der Waals surface area contributed by atoms with Crippen LogP contribution in [0.25, 0.3) is 21.7 Å². The Hall–Kier alpha value is -3.23. The number of carbonyl (C=O) groups excluding carboxylic acids is 2. The Balaban J connectivity index is 1.76. The summed E-state index contributed by atoms with van der Waals surface area (Å²) in [6, 6.07) is 10.5. The van der Waals surface area contributed by atoms with E-state index in [9.17, 15) is 9.59 Å². The van der Waals surface area contributed by atoms with Gasteiger partial charge in [-0.1, -0.05) is 16.8 Å². The number of halogens is 1. The third-order valence-electron chi connectivity index (χ3n) is 4.39. The lowest BCUT2D eigenvalue weighted by molar-refractivity contribution is -0.114.